The van der Waals surface area contributed by atoms with Crippen molar-refractivity contribution in [1.29, 1.82) is 0 Å². The molecule has 0 N–H and O–H groups in total. The third-order valence-corrected chi connectivity index (χ3v) is 3.86. The highest BCUT2D eigenvalue weighted by molar-refractivity contribution is 7.98. The molecule has 98 valence electrons. The van der Waals surface area contributed by atoms with Gasteiger partial charge in [-0.05, 0) is 6.26 Å². The summed E-state index contributed by atoms with van der Waals surface area (Å²) in [6, 6.07) is 0.192. The smallest absolute Gasteiger partial charge is 0.320 e. The molecular formula is C11H21N3O2S. The Morgan fingerprint density at radius 1 is 1.06 bits per heavy atom. The van der Waals surface area contributed by atoms with Crippen molar-refractivity contribution in [3.05, 3.63) is 0 Å². The van der Waals surface area contributed by atoms with Crippen LogP contribution in [0.15, 0.2) is 0 Å². The molecule has 2 fully saturated rings. The highest BCUT2D eigenvalue weighted by Gasteiger charge is 2.25. The lowest BCUT2D eigenvalue weighted by atomic mass is 10.3. The van der Waals surface area contributed by atoms with E-state index in [4.69, 9.17) is 4.74 Å². The van der Waals surface area contributed by atoms with E-state index in [1.807, 2.05) is 21.6 Å². The normalized spacial score (nSPS) is 22.9. The number of nitrogens with zero attached hydrogens (tertiary/aromatic N) is 3. The Bertz CT molecular complexity index is 251. The number of carbonyl (C=O) groups is 1. The number of hydrogen-bond acceptors (Lipinski definition) is 4. The fraction of sp³-hybridized carbons (Fsp3) is 0.909. The number of ether oxygens (including phenoxy) is 1. The number of hydrogen-bond donors (Lipinski definition) is 0. The van der Waals surface area contributed by atoms with Gasteiger partial charge < -0.3 is 14.5 Å². The van der Waals surface area contributed by atoms with Crippen molar-refractivity contribution in [1.82, 2.24) is 14.7 Å². The van der Waals surface area contributed by atoms with Crippen LogP contribution in [0.5, 0.6) is 0 Å². The van der Waals surface area contributed by atoms with Gasteiger partial charge in [0.1, 0.15) is 0 Å². The van der Waals surface area contributed by atoms with Crippen molar-refractivity contribution in [3.8, 4) is 0 Å². The third-order valence-electron chi connectivity index (χ3n) is 3.24. The summed E-state index contributed by atoms with van der Waals surface area (Å²) in [5, 5.41) is 0. The van der Waals surface area contributed by atoms with E-state index in [0.29, 0.717) is 13.2 Å². The summed E-state index contributed by atoms with van der Waals surface area (Å²) >= 11 is 1.84. The van der Waals surface area contributed by atoms with E-state index in [2.05, 4.69) is 11.2 Å². The van der Waals surface area contributed by atoms with Crippen molar-refractivity contribution < 1.29 is 9.53 Å². The molecule has 2 amide bonds. The monoisotopic (exact) mass is 259 g/mol. The Hall–Kier alpha value is -0.460. The fourth-order valence-corrected chi connectivity index (χ4v) is 2.83. The van der Waals surface area contributed by atoms with Gasteiger partial charge in [0.2, 0.25) is 0 Å². The van der Waals surface area contributed by atoms with Gasteiger partial charge in [-0.1, -0.05) is 0 Å². The number of piperazine rings is 1. The van der Waals surface area contributed by atoms with Crippen molar-refractivity contribution in [2.75, 3.05) is 64.6 Å². The molecule has 2 heterocycles. The van der Waals surface area contributed by atoms with Crippen LogP contribution in [0.25, 0.3) is 0 Å². The second-order valence-electron chi connectivity index (χ2n) is 4.40. The molecule has 2 rings (SSSR count). The molecule has 0 saturated carbocycles. The van der Waals surface area contributed by atoms with Crippen molar-refractivity contribution in [3.63, 3.8) is 0 Å². The first-order chi connectivity index (χ1) is 8.31. The molecule has 0 unspecified atom stereocenters. The van der Waals surface area contributed by atoms with E-state index < -0.39 is 0 Å². The molecule has 0 aromatic heterocycles. The summed E-state index contributed by atoms with van der Waals surface area (Å²) in [6.45, 7) is 6.55. The van der Waals surface area contributed by atoms with Crippen LogP contribution in [-0.2, 0) is 4.74 Å². The Labute approximate surface area is 107 Å². The average Bonchev–Trinajstić information content (AvgIpc) is 2.40. The summed E-state index contributed by atoms with van der Waals surface area (Å²) in [7, 11) is 0. The number of carbonyl (C=O) groups excluding carboxylic acids is 1. The molecular weight excluding hydrogens is 238 g/mol. The molecule has 0 atom stereocenters. The first-order valence-corrected chi connectivity index (χ1v) is 7.53. The van der Waals surface area contributed by atoms with Crippen molar-refractivity contribution in [2.24, 2.45) is 0 Å². The highest BCUT2D eigenvalue weighted by atomic mass is 32.2. The lowest BCUT2D eigenvalue weighted by Crippen LogP contribution is -2.54. The quantitative estimate of drug-likeness (QED) is 0.718. The topological polar surface area (TPSA) is 36.0 Å². The van der Waals surface area contributed by atoms with E-state index in [-0.39, 0.29) is 6.03 Å². The van der Waals surface area contributed by atoms with Crippen molar-refractivity contribution >= 4 is 17.8 Å². The number of urea groups is 1. The summed E-state index contributed by atoms with van der Waals surface area (Å²) in [5.74, 6) is 1.07. The number of rotatable bonds is 2. The number of amides is 2. The first-order valence-electron chi connectivity index (χ1n) is 6.14. The SMILES string of the molecule is CSCN1CCN(C(=O)N2CCOCC2)CC1. The van der Waals surface area contributed by atoms with E-state index in [1.54, 1.807) is 0 Å². The van der Waals surface area contributed by atoms with Gasteiger partial charge in [0.15, 0.2) is 0 Å². The van der Waals surface area contributed by atoms with Crippen LogP contribution < -0.4 is 0 Å². The van der Waals surface area contributed by atoms with E-state index in [0.717, 1.165) is 45.1 Å². The Morgan fingerprint density at radius 2 is 1.65 bits per heavy atom. The molecule has 0 spiro atoms. The first kappa shape index (κ1) is 13.0. The van der Waals surface area contributed by atoms with Gasteiger partial charge in [0, 0.05) is 45.1 Å². The molecule has 0 radical (unpaired) electrons. The maximum absolute atomic E-state index is 12.2. The van der Waals surface area contributed by atoms with Gasteiger partial charge >= 0.3 is 6.03 Å². The minimum absolute atomic E-state index is 0.192. The molecule has 2 saturated heterocycles. The lowest BCUT2D eigenvalue weighted by Gasteiger charge is -2.38. The predicted octanol–water partition coefficient (Wildman–Crippen LogP) is 0.377. The molecule has 17 heavy (non-hydrogen) atoms. The van der Waals surface area contributed by atoms with Gasteiger partial charge in [-0.2, -0.15) is 0 Å². The zero-order chi connectivity index (χ0) is 12.1. The minimum atomic E-state index is 0.192. The lowest BCUT2D eigenvalue weighted by molar-refractivity contribution is 0.0386. The van der Waals surface area contributed by atoms with E-state index in [1.165, 1.54) is 0 Å². The molecule has 6 heteroatoms. The summed E-state index contributed by atoms with van der Waals surface area (Å²) in [5.41, 5.74) is 0. The maximum atomic E-state index is 12.2. The van der Waals surface area contributed by atoms with Gasteiger partial charge in [0.05, 0.1) is 13.2 Å². The van der Waals surface area contributed by atoms with Crippen LogP contribution in [0.4, 0.5) is 4.79 Å². The Kier molecular flexibility index (Phi) is 4.94. The van der Waals surface area contributed by atoms with Gasteiger partial charge in [-0.3, -0.25) is 4.90 Å². The summed E-state index contributed by atoms with van der Waals surface area (Å²) in [4.78, 5) is 18.5. The van der Waals surface area contributed by atoms with Crippen LogP contribution >= 0.6 is 11.8 Å². The molecule has 0 aliphatic carbocycles. The third kappa shape index (κ3) is 3.50. The van der Waals surface area contributed by atoms with Gasteiger partial charge in [-0.15, -0.1) is 11.8 Å². The Morgan fingerprint density at radius 3 is 2.24 bits per heavy atom. The van der Waals surface area contributed by atoms with Crippen LogP contribution in [-0.4, -0.2) is 85.3 Å². The summed E-state index contributed by atoms with van der Waals surface area (Å²) in [6.07, 6.45) is 2.12. The average molecular weight is 259 g/mol. The minimum Gasteiger partial charge on any atom is -0.378 e. The predicted molar refractivity (Wildman–Crippen MR) is 69.3 cm³/mol. The molecule has 5 nitrogen and oxygen atoms in total. The van der Waals surface area contributed by atoms with Crippen LogP contribution in [0.3, 0.4) is 0 Å². The van der Waals surface area contributed by atoms with Gasteiger partial charge in [0.25, 0.3) is 0 Å². The highest BCUT2D eigenvalue weighted by Crippen LogP contribution is 2.09. The van der Waals surface area contributed by atoms with Crippen LogP contribution in [0, 0.1) is 0 Å². The molecule has 2 aliphatic rings. The van der Waals surface area contributed by atoms with Crippen LogP contribution in [0.2, 0.25) is 0 Å². The Balaban J connectivity index is 1.77. The van der Waals surface area contributed by atoms with Crippen LogP contribution in [0.1, 0.15) is 0 Å². The zero-order valence-electron chi connectivity index (χ0n) is 10.4. The van der Waals surface area contributed by atoms with E-state index in [9.17, 15) is 4.79 Å². The molecule has 0 bridgehead atoms. The maximum Gasteiger partial charge on any atom is 0.320 e. The zero-order valence-corrected chi connectivity index (χ0v) is 11.2. The summed E-state index contributed by atoms with van der Waals surface area (Å²) < 4.78 is 5.26. The largest absolute Gasteiger partial charge is 0.378 e. The number of morpholine rings is 1. The molecule has 0 aromatic rings. The molecule has 0 aromatic carbocycles. The second-order valence-corrected chi connectivity index (χ2v) is 5.24. The molecule has 2 aliphatic heterocycles. The van der Waals surface area contributed by atoms with E-state index >= 15 is 0 Å². The second kappa shape index (κ2) is 6.47. The number of thioether (sulfide) groups is 1. The van der Waals surface area contributed by atoms with Crippen molar-refractivity contribution in [2.45, 2.75) is 0 Å². The fourth-order valence-electron chi connectivity index (χ4n) is 2.21. The van der Waals surface area contributed by atoms with Gasteiger partial charge in [-0.25, -0.2) is 4.79 Å². The standard InChI is InChI=1S/C11H21N3O2S/c1-17-10-12-2-4-13(5-3-12)11(15)14-6-8-16-9-7-14/h2-10H2,1H3.